The molecule has 0 spiro atoms. The number of rotatable bonds is 20. The second kappa shape index (κ2) is 19.1. The van der Waals surface area contributed by atoms with E-state index in [1.807, 2.05) is 60.7 Å². The lowest BCUT2D eigenvalue weighted by Gasteiger charge is -2.42. The molecular formula is C37H51F3N2O6Si. The van der Waals surface area contributed by atoms with Crippen LogP contribution >= 0.6 is 0 Å². The first-order valence-corrected chi connectivity index (χ1v) is 19.3. The number of amides is 1. The summed E-state index contributed by atoms with van der Waals surface area (Å²) >= 11 is 0. The monoisotopic (exact) mass is 704 g/mol. The second-order valence-electron chi connectivity index (χ2n) is 12.7. The molecule has 1 aliphatic rings. The molecule has 5 atom stereocenters. The summed E-state index contributed by atoms with van der Waals surface area (Å²) in [6.45, 7) is 9.91. The predicted octanol–water partition coefficient (Wildman–Crippen LogP) is 6.38. The zero-order valence-electron chi connectivity index (χ0n) is 29.1. The largest absolute Gasteiger partial charge is 0.430 e. The van der Waals surface area contributed by atoms with Crippen molar-refractivity contribution in [3.05, 3.63) is 72.9 Å². The average Bonchev–Trinajstić information content (AvgIpc) is 3.44. The van der Waals surface area contributed by atoms with Gasteiger partial charge in [0.15, 0.2) is 0 Å². The van der Waals surface area contributed by atoms with Crippen LogP contribution in [0.4, 0.5) is 13.2 Å². The van der Waals surface area contributed by atoms with Gasteiger partial charge in [0.2, 0.25) is 18.6 Å². The minimum atomic E-state index is -3.30. The van der Waals surface area contributed by atoms with Crippen LogP contribution in [-0.2, 0) is 28.3 Å². The summed E-state index contributed by atoms with van der Waals surface area (Å²) in [5, 5.41) is 4.33. The second-order valence-corrected chi connectivity index (χ2v) is 16.3. The number of ether oxygens (including phenoxy) is 2. The van der Waals surface area contributed by atoms with Gasteiger partial charge in [-0.25, -0.2) is 18.0 Å². The third-order valence-corrected chi connectivity index (χ3v) is 13.1. The van der Waals surface area contributed by atoms with Gasteiger partial charge in [-0.15, -0.1) is 0 Å². The van der Waals surface area contributed by atoms with E-state index in [0.29, 0.717) is 24.6 Å². The highest BCUT2D eigenvalue weighted by Gasteiger charge is 2.56. The Balaban J connectivity index is 2.16. The number of hydrogen-bond donors (Lipinski definition) is 1. The van der Waals surface area contributed by atoms with Crippen molar-refractivity contribution >= 4 is 36.5 Å². The fourth-order valence-electron chi connectivity index (χ4n) is 6.38. The van der Waals surface area contributed by atoms with Crippen molar-refractivity contribution in [3.63, 3.8) is 0 Å². The van der Waals surface area contributed by atoms with Gasteiger partial charge in [-0.2, -0.15) is 0 Å². The van der Waals surface area contributed by atoms with E-state index in [0.717, 1.165) is 10.4 Å². The molecule has 3 unspecified atom stereocenters. The van der Waals surface area contributed by atoms with Crippen LogP contribution in [0.1, 0.15) is 85.5 Å². The fraction of sp³-hybridized carbons (Fsp3) is 0.541. The molecule has 270 valence electrons. The van der Waals surface area contributed by atoms with E-state index in [1.54, 1.807) is 13.8 Å². The first-order chi connectivity index (χ1) is 23.4. The molecular weight excluding hydrogens is 653 g/mol. The number of nitrogens with one attached hydrogen (secondary N) is 1. The highest BCUT2D eigenvalue weighted by molar-refractivity contribution is 6.97. The van der Waals surface area contributed by atoms with Gasteiger partial charge in [0.25, 0.3) is 8.32 Å². The maximum atomic E-state index is 14.9. The van der Waals surface area contributed by atoms with Crippen molar-refractivity contribution in [3.8, 4) is 0 Å². The third kappa shape index (κ3) is 10.8. The minimum Gasteiger partial charge on any atom is -0.430 e. The van der Waals surface area contributed by atoms with Crippen LogP contribution in [0.15, 0.2) is 72.9 Å². The van der Waals surface area contributed by atoms with Crippen LogP contribution in [0.25, 0.3) is 0 Å². The summed E-state index contributed by atoms with van der Waals surface area (Å²) < 4.78 is 61.8. The molecule has 2 aromatic rings. The molecule has 1 N–H and O–H groups in total. The Morgan fingerprint density at radius 1 is 0.939 bits per heavy atom. The number of allylic oxidation sites excluding steroid dienone is 1. The van der Waals surface area contributed by atoms with Crippen LogP contribution in [0.3, 0.4) is 0 Å². The van der Waals surface area contributed by atoms with Gasteiger partial charge in [0.05, 0.1) is 12.9 Å². The van der Waals surface area contributed by atoms with Gasteiger partial charge in [-0.3, -0.25) is 14.5 Å². The van der Waals surface area contributed by atoms with Crippen molar-refractivity contribution in [2.75, 3.05) is 6.73 Å². The summed E-state index contributed by atoms with van der Waals surface area (Å²) in [6, 6.07) is 18.1. The van der Waals surface area contributed by atoms with Crippen molar-refractivity contribution in [1.82, 2.24) is 10.2 Å². The molecule has 1 heterocycles. The molecule has 1 saturated heterocycles. The van der Waals surface area contributed by atoms with Crippen molar-refractivity contribution in [1.29, 1.82) is 0 Å². The lowest BCUT2D eigenvalue weighted by Crippen LogP contribution is -2.64. The molecule has 1 aliphatic heterocycles. The van der Waals surface area contributed by atoms with E-state index >= 15 is 0 Å². The van der Waals surface area contributed by atoms with Gasteiger partial charge in [0, 0.05) is 25.5 Å². The summed E-state index contributed by atoms with van der Waals surface area (Å²) in [5.74, 6) is -2.14. The number of halogens is 3. The molecule has 1 fully saturated rings. The smallest absolute Gasteiger partial charge is 0.329 e. The van der Waals surface area contributed by atoms with E-state index in [4.69, 9.17) is 13.9 Å². The van der Waals surface area contributed by atoms with Crippen molar-refractivity contribution in [2.45, 2.75) is 122 Å². The Kier molecular flexibility index (Phi) is 15.5. The van der Waals surface area contributed by atoms with Gasteiger partial charge in [0.1, 0.15) is 11.6 Å². The predicted molar refractivity (Wildman–Crippen MR) is 185 cm³/mol. The first kappa shape index (κ1) is 40.0. The Labute approximate surface area is 289 Å². The Morgan fingerprint density at radius 2 is 1.49 bits per heavy atom. The van der Waals surface area contributed by atoms with E-state index in [9.17, 15) is 27.6 Å². The summed E-state index contributed by atoms with van der Waals surface area (Å²) in [5.41, 5.74) is -1.31. The summed E-state index contributed by atoms with van der Waals surface area (Å²) in [7, 11) is -3.30. The summed E-state index contributed by atoms with van der Waals surface area (Å²) in [6.07, 6.45) is -3.66. The SMILES string of the molecule is C=C(CC[C@@]1(C(=O)OC(F)CCC)CC[C@H](C(=O)OC(F)CCC)N1CO[Si](CCC(C)F)(c1ccccc1)c1ccccc1)NC(C)=O. The van der Waals surface area contributed by atoms with Crippen LogP contribution < -0.4 is 15.7 Å². The molecule has 3 rings (SSSR count). The van der Waals surface area contributed by atoms with Crippen molar-refractivity contribution < 1.29 is 41.5 Å². The van der Waals surface area contributed by atoms with Gasteiger partial charge in [-0.05, 0) is 68.3 Å². The molecule has 0 saturated carbocycles. The fourth-order valence-corrected chi connectivity index (χ4v) is 10.4. The molecule has 49 heavy (non-hydrogen) atoms. The Hall–Kier alpha value is -3.48. The minimum absolute atomic E-state index is 0.00130. The number of likely N-dealkylation sites (tertiary alicyclic amines) is 1. The molecule has 0 bridgehead atoms. The van der Waals surface area contributed by atoms with E-state index in [1.165, 1.54) is 18.7 Å². The van der Waals surface area contributed by atoms with E-state index in [-0.39, 0.29) is 57.6 Å². The quantitative estimate of drug-likeness (QED) is 0.126. The van der Waals surface area contributed by atoms with E-state index in [2.05, 4.69) is 11.9 Å². The molecule has 0 aromatic heterocycles. The molecule has 0 radical (unpaired) electrons. The molecule has 8 nitrogen and oxygen atoms in total. The molecule has 2 aromatic carbocycles. The lowest BCUT2D eigenvalue weighted by molar-refractivity contribution is -0.179. The topological polar surface area (TPSA) is 94.2 Å². The van der Waals surface area contributed by atoms with Gasteiger partial charge >= 0.3 is 11.9 Å². The number of carbonyl (C=O) groups is 3. The highest BCUT2D eigenvalue weighted by Crippen LogP contribution is 2.41. The third-order valence-electron chi connectivity index (χ3n) is 8.94. The van der Waals surface area contributed by atoms with Crippen molar-refractivity contribution in [2.24, 2.45) is 0 Å². The van der Waals surface area contributed by atoms with E-state index < -0.39 is 50.7 Å². The Bertz CT molecular complexity index is 1330. The van der Waals surface area contributed by atoms with Crippen LogP contribution in [-0.4, -0.2) is 68.3 Å². The number of esters is 2. The number of benzene rings is 2. The number of alkyl halides is 3. The zero-order chi connectivity index (χ0) is 36.0. The van der Waals surface area contributed by atoms with Gasteiger partial charge in [-0.1, -0.05) is 81.1 Å². The van der Waals surface area contributed by atoms with Gasteiger partial charge < -0.3 is 19.2 Å². The molecule has 12 heteroatoms. The maximum absolute atomic E-state index is 14.9. The normalized spacial score (nSPS) is 19.9. The highest BCUT2D eigenvalue weighted by atomic mass is 28.4. The average molecular weight is 705 g/mol. The molecule has 0 aliphatic carbocycles. The number of carbonyl (C=O) groups excluding carboxylic acids is 3. The standard InChI is InChI=1S/C37H51F3N2O6Si/c1-6-14-33(39)47-35(44)32-21-24-37(23-20-28(4)41-29(5)43,36(45)48-34(40)15-7-2)42(32)26-46-49(25-22-27(3)38,30-16-10-8-11-17-30)31-18-12-9-13-19-31/h8-13,16-19,27,32-34H,4,6-7,14-15,20-26H2,1-3,5H3,(H,41,43)/t27?,32-,33?,34?,37+/m1/s1. The van der Waals surface area contributed by atoms with Crippen LogP contribution in [0.5, 0.6) is 0 Å². The molecule has 1 amide bonds. The maximum Gasteiger partial charge on any atom is 0.329 e. The summed E-state index contributed by atoms with van der Waals surface area (Å²) in [4.78, 5) is 41.0. The number of nitrogens with zero attached hydrogens (tertiary/aromatic N) is 1. The van der Waals surface area contributed by atoms with Crippen LogP contribution in [0.2, 0.25) is 6.04 Å². The first-order valence-electron chi connectivity index (χ1n) is 17.2. The number of hydrogen-bond acceptors (Lipinski definition) is 7. The van der Waals surface area contributed by atoms with Crippen LogP contribution in [0, 0.1) is 0 Å². The zero-order valence-corrected chi connectivity index (χ0v) is 30.1. The lowest BCUT2D eigenvalue weighted by atomic mass is 9.89. The Morgan fingerprint density at radius 3 is 2.00 bits per heavy atom.